The molecule has 0 bridgehead atoms. The van der Waals surface area contributed by atoms with Crippen molar-refractivity contribution >= 4 is 23.9 Å². The topological polar surface area (TPSA) is 74.9 Å². The van der Waals surface area contributed by atoms with E-state index in [1.165, 1.54) is 0 Å². The fourth-order valence-electron chi connectivity index (χ4n) is 2.42. The summed E-state index contributed by atoms with van der Waals surface area (Å²) in [7, 11) is 0. The van der Waals surface area contributed by atoms with Crippen LogP contribution < -0.4 is 4.74 Å². The van der Waals surface area contributed by atoms with E-state index >= 15 is 0 Å². The number of ether oxygens (including phenoxy) is 1. The summed E-state index contributed by atoms with van der Waals surface area (Å²) in [5, 5.41) is 8.16. The van der Waals surface area contributed by atoms with Crippen molar-refractivity contribution in [3.05, 3.63) is 76.9 Å². The van der Waals surface area contributed by atoms with Crippen molar-refractivity contribution < 1.29 is 9.53 Å². The van der Waals surface area contributed by atoms with Gasteiger partial charge in [-0.05, 0) is 31.5 Å². The van der Waals surface area contributed by atoms with Crippen molar-refractivity contribution in [3.63, 3.8) is 0 Å². The number of nitrogens with zero attached hydrogens (tertiary/aromatic N) is 2. The van der Waals surface area contributed by atoms with Gasteiger partial charge in [0, 0.05) is 11.1 Å². The monoisotopic (exact) mass is 331 g/mol. The first kappa shape index (κ1) is 16.5. The first-order chi connectivity index (χ1) is 12.1. The van der Waals surface area contributed by atoms with Crippen LogP contribution in [-0.4, -0.2) is 23.9 Å². The van der Waals surface area contributed by atoms with Gasteiger partial charge in [-0.15, -0.1) is 0 Å². The zero-order chi connectivity index (χ0) is 17.8. The van der Waals surface area contributed by atoms with Gasteiger partial charge in [0.15, 0.2) is 11.7 Å². The minimum atomic E-state index is 0.0917. The van der Waals surface area contributed by atoms with E-state index in [4.69, 9.17) is 10.1 Å². The minimum Gasteiger partial charge on any atom is -0.438 e. The molecule has 0 atom stereocenters. The van der Waals surface area contributed by atoms with E-state index in [9.17, 15) is 4.79 Å². The van der Waals surface area contributed by atoms with Crippen molar-refractivity contribution in [2.24, 2.45) is 9.98 Å². The summed E-state index contributed by atoms with van der Waals surface area (Å²) in [4.78, 5) is 19.9. The van der Waals surface area contributed by atoms with Crippen LogP contribution in [0.3, 0.4) is 0 Å². The Bertz CT molecular complexity index is 925. The van der Waals surface area contributed by atoms with E-state index in [2.05, 4.69) is 9.98 Å². The molecule has 1 aliphatic rings. The molecular formula is C20H17N3O2. The molecule has 1 heterocycles. The van der Waals surface area contributed by atoms with E-state index in [0.717, 1.165) is 17.4 Å². The second kappa shape index (κ2) is 7.05. The maximum atomic E-state index is 11.1. The van der Waals surface area contributed by atoms with Gasteiger partial charge in [0.2, 0.25) is 5.90 Å². The van der Waals surface area contributed by atoms with E-state index in [1.807, 2.05) is 43.3 Å². The summed E-state index contributed by atoms with van der Waals surface area (Å²) >= 11 is 0. The molecule has 124 valence electrons. The molecule has 0 radical (unpaired) electrons. The van der Waals surface area contributed by atoms with Crippen molar-refractivity contribution in [2.45, 2.75) is 13.8 Å². The first-order valence-electron chi connectivity index (χ1n) is 7.84. The van der Waals surface area contributed by atoms with E-state index < -0.39 is 0 Å². The van der Waals surface area contributed by atoms with Crippen LogP contribution in [0, 0.1) is 12.3 Å². The van der Waals surface area contributed by atoms with Crippen molar-refractivity contribution in [1.82, 2.24) is 0 Å². The average molecular weight is 331 g/mol. The van der Waals surface area contributed by atoms with Crippen LogP contribution in [0.1, 0.15) is 28.4 Å². The standard InChI is InChI=1S/C20H17N3O2/c1-3-17-18(21)22-19(14-7-5-4-6-8-14)23-20(17)25-16-10-9-13(2)15(11-16)12-24/h3-12,21H,1-2H3/b17-3+,21-18?. The van der Waals surface area contributed by atoms with Crippen LogP contribution in [0.15, 0.2) is 70.2 Å². The van der Waals surface area contributed by atoms with Gasteiger partial charge < -0.3 is 4.74 Å². The maximum Gasteiger partial charge on any atom is 0.232 e. The zero-order valence-corrected chi connectivity index (χ0v) is 14.0. The molecule has 3 rings (SSSR count). The highest BCUT2D eigenvalue weighted by Crippen LogP contribution is 2.20. The predicted molar refractivity (Wildman–Crippen MR) is 99.1 cm³/mol. The molecule has 2 aromatic carbocycles. The van der Waals surface area contributed by atoms with Gasteiger partial charge in [-0.2, -0.15) is 4.99 Å². The lowest BCUT2D eigenvalue weighted by molar-refractivity contribution is 0.112. The largest absolute Gasteiger partial charge is 0.438 e. The Morgan fingerprint density at radius 1 is 1.08 bits per heavy atom. The van der Waals surface area contributed by atoms with Gasteiger partial charge in [-0.1, -0.05) is 42.5 Å². The van der Waals surface area contributed by atoms with Gasteiger partial charge >= 0.3 is 0 Å². The molecule has 2 aromatic rings. The molecule has 0 amide bonds. The van der Waals surface area contributed by atoms with Gasteiger partial charge in [0.25, 0.3) is 0 Å². The number of aldehydes is 1. The second-order valence-corrected chi connectivity index (χ2v) is 5.51. The number of allylic oxidation sites excluding steroid dienone is 1. The van der Waals surface area contributed by atoms with Gasteiger partial charge in [-0.3, -0.25) is 10.2 Å². The van der Waals surface area contributed by atoms with Crippen LogP contribution in [0.2, 0.25) is 0 Å². The third-order valence-electron chi connectivity index (χ3n) is 3.82. The Labute approximate surface area is 145 Å². The number of aryl methyl sites for hydroxylation is 1. The Morgan fingerprint density at radius 3 is 2.52 bits per heavy atom. The lowest BCUT2D eigenvalue weighted by atomic mass is 10.1. The highest BCUT2D eigenvalue weighted by molar-refractivity contribution is 6.30. The molecule has 0 fully saturated rings. The van der Waals surface area contributed by atoms with Crippen LogP contribution in [0.4, 0.5) is 0 Å². The number of amidine groups is 2. The molecule has 0 aromatic heterocycles. The van der Waals surface area contributed by atoms with E-state index in [-0.39, 0.29) is 5.84 Å². The van der Waals surface area contributed by atoms with Crippen molar-refractivity contribution in [2.75, 3.05) is 0 Å². The summed E-state index contributed by atoms with van der Waals surface area (Å²) in [5.74, 6) is 1.30. The Kier molecular flexibility index (Phi) is 4.66. The number of hydrogen-bond donors (Lipinski definition) is 1. The maximum absolute atomic E-state index is 11.1. The molecule has 0 aliphatic carbocycles. The Morgan fingerprint density at radius 2 is 1.84 bits per heavy atom. The molecule has 5 nitrogen and oxygen atoms in total. The van der Waals surface area contributed by atoms with Gasteiger partial charge in [0.1, 0.15) is 12.0 Å². The summed E-state index contributed by atoms with van der Waals surface area (Å²) in [6.45, 7) is 3.66. The Balaban J connectivity index is 2.00. The van der Waals surface area contributed by atoms with Crippen LogP contribution in [0.25, 0.3) is 0 Å². The number of rotatable bonds is 3. The normalized spacial score (nSPS) is 15.6. The van der Waals surface area contributed by atoms with Crippen LogP contribution in [0.5, 0.6) is 5.75 Å². The number of nitrogens with one attached hydrogen (secondary N) is 1. The Hall–Kier alpha value is -3.34. The zero-order valence-electron chi connectivity index (χ0n) is 14.0. The van der Waals surface area contributed by atoms with E-state index in [1.54, 1.807) is 25.1 Å². The summed E-state index contributed by atoms with van der Waals surface area (Å²) in [5.41, 5.74) is 2.75. The van der Waals surface area contributed by atoms with E-state index in [0.29, 0.717) is 28.6 Å². The fraction of sp³-hybridized carbons (Fsp3) is 0.100. The molecule has 5 heteroatoms. The lowest BCUT2D eigenvalue weighted by Gasteiger charge is -2.17. The highest BCUT2D eigenvalue weighted by Gasteiger charge is 2.21. The summed E-state index contributed by atoms with van der Waals surface area (Å²) < 4.78 is 5.88. The number of aliphatic imine (C=N–C) groups is 2. The van der Waals surface area contributed by atoms with Gasteiger partial charge in [0.05, 0.1) is 5.57 Å². The van der Waals surface area contributed by atoms with Crippen LogP contribution >= 0.6 is 0 Å². The smallest absolute Gasteiger partial charge is 0.232 e. The molecule has 0 unspecified atom stereocenters. The molecule has 0 saturated heterocycles. The molecule has 1 aliphatic heterocycles. The third kappa shape index (κ3) is 3.45. The number of carbonyl (C=O) groups excluding carboxylic acids is 1. The molecular weight excluding hydrogens is 314 g/mol. The molecule has 25 heavy (non-hydrogen) atoms. The highest BCUT2D eigenvalue weighted by atomic mass is 16.5. The van der Waals surface area contributed by atoms with Crippen molar-refractivity contribution in [1.29, 1.82) is 5.41 Å². The SMILES string of the molecule is C/C=C1\C(=N)N=C(c2ccccc2)N=C1Oc1ccc(C)c(C=O)c1. The molecule has 1 N–H and O–H groups in total. The minimum absolute atomic E-state index is 0.0917. The fourth-order valence-corrected chi connectivity index (χ4v) is 2.42. The number of benzene rings is 2. The molecule has 0 spiro atoms. The molecule has 0 saturated carbocycles. The van der Waals surface area contributed by atoms with Crippen molar-refractivity contribution in [3.8, 4) is 5.75 Å². The predicted octanol–water partition coefficient (Wildman–Crippen LogP) is 3.97. The average Bonchev–Trinajstić information content (AvgIpc) is 2.64. The lowest BCUT2D eigenvalue weighted by Crippen LogP contribution is -2.24. The third-order valence-corrected chi connectivity index (χ3v) is 3.82. The second-order valence-electron chi connectivity index (χ2n) is 5.51. The van der Waals surface area contributed by atoms with Gasteiger partial charge in [-0.25, -0.2) is 4.99 Å². The summed E-state index contributed by atoms with van der Waals surface area (Å²) in [6, 6.07) is 14.7. The summed E-state index contributed by atoms with van der Waals surface area (Å²) in [6.07, 6.45) is 2.53. The number of hydrogen-bond acceptors (Lipinski definition) is 4. The van der Waals surface area contributed by atoms with Crippen LogP contribution in [-0.2, 0) is 0 Å². The number of carbonyl (C=O) groups is 1. The quantitative estimate of drug-likeness (QED) is 0.864. The first-order valence-corrected chi connectivity index (χ1v) is 7.84.